The maximum atomic E-state index is 12.8. The lowest BCUT2D eigenvalue weighted by Crippen LogP contribution is -2.45. The molecule has 0 saturated carbocycles. The lowest BCUT2D eigenvalue weighted by molar-refractivity contribution is -0.125. The molecular weight excluding hydrogens is 437 g/mol. The van der Waals surface area contributed by atoms with E-state index in [1.165, 1.54) is 28.3 Å². The molecule has 1 aromatic carbocycles. The number of hydrogen-bond donors (Lipinski definition) is 3. The van der Waals surface area contributed by atoms with Crippen molar-refractivity contribution in [2.24, 2.45) is 4.99 Å². The van der Waals surface area contributed by atoms with Crippen molar-refractivity contribution in [3.63, 3.8) is 0 Å². The van der Waals surface area contributed by atoms with Crippen LogP contribution in [-0.2, 0) is 6.54 Å². The summed E-state index contributed by atoms with van der Waals surface area (Å²) in [4.78, 5) is 7.07. The number of aryl methyl sites for hydroxylation is 1. The summed E-state index contributed by atoms with van der Waals surface area (Å²) in [5, 5.41) is 14.7. The Morgan fingerprint density at radius 1 is 1.25 bits per heavy atom. The molecule has 0 spiro atoms. The Labute approximate surface area is 188 Å². The quantitative estimate of drug-likeness (QED) is 0.622. The number of aromatic amines is 1. The second kappa shape index (κ2) is 8.47. The monoisotopic (exact) mass is 462 g/mol. The van der Waals surface area contributed by atoms with E-state index in [4.69, 9.17) is 0 Å². The summed E-state index contributed by atoms with van der Waals surface area (Å²) in [6.07, 6.45) is 1.94. The molecule has 1 saturated heterocycles. The zero-order chi connectivity index (χ0) is 22.3. The van der Waals surface area contributed by atoms with Crippen LogP contribution in [-0.4, -0.2) is 52.1 Å². The molecule has 1 unspecified atom stereocenters. The molecule has 0 amide bonds. The number of aliphatic imine (C=N–C) groups is 1. The van der Waals surface area contributed by atoms with Crippen LogP contribution >= 0.6 is 11.8 Å². The molecule has 3 aliphatic heterocycles. The summed E-state index contributed by atoms with van der Waals surface area (Å²) in [6.45, 7) is 4.97. The Bertz CT molecular complexity index is 1090. The van der Waals surface area contributed by atoms with E-state index in [0.717, 1.165) is 49.4 Å². The topological polar surface area (TPSA) is 68.3 Å². The van der Waals surface area contributed by atoms with Gasteiger partial charge in [0.15, 0.2) is 0 Å². The van der Waals surface area contributed by atoms with E-state index in [2.05, 4.69) is 49.8 Å². The van der Waals surface area contributed by atoms with Crippen LogP contribution in [0.2, 0.25) is 0 Å². The van der Waals surface area contributed by atoms with Crippen LogP contribution in [0.15, 0.2) is 45.7 Å². The van der Waals surface area contributed by atoms with Gasteiger partial charge in [0.2, 0.25) is 0 Å². The molecule has 32 heavy (non-hydrogen) atoms. The molecule has 2 aromatic rings. The summed E-state index contributed by atoms with van der Waals surface area (Å²) in [5.74, 6) is 0.786. The third kappa shape index (κ3) is 4.52. The third-order valence-corrected chi connectivity index (χ3v) is 7.43. The lowest BCUT2D eigenvalue weighted by atomic mass is 10.0. The molecule has 6 nitrogen and oxygen atoms in total. The van der Waals surface area contributed by atoms with Crippen molar-refractivity contribution < 1.29 is 13.2 Å². The number of thioether (sulfide) groups is 1. The molecule has 0 radical (unpaired) electrons. The Hall–Kier alpha value is -2.46. The van der Waals surface area contributed by atoms with Crippen LogP contribution in [0.25, 0.3) is 10.9 Å². The molecule has 0 bridgehead atoms. The first-order valence-electron chi connectivity index (χ1n) is 10.7. The zero-order valence-electron chi connectivity index (χ0n) is 17.7. The van der Waals surface area contributed by atoms with E-state index in [1.54, 1.807) is 12.4 Å². The maximum absolute atomic E-state index is 12.8. The predicted octanol–water partition coefficient (Wildman–Crippen LogP) is 4.18. The summed E-state index contributed by atoms with van der Waals surface area (Å²) < 4.78 is 38.4. The highest BCUT2D eigenvalue weighted by Gasteiger charge is 2.35. The van der Waals surface area contributed by atoms with Crippen LogP contribution in [0, 0.1) is 6.92 Å². The first-order valence-corrected chi connectivity index (χ1v) is 11.6. The van der Waals surface area contributed by atoms with Crippen LogP contribution in [0.5, 0.6) is 0 Å². The van der Waals surface area contributed by atoms with Gasteiger partial charge in [-0.15, -0.1) is 0 Å². The van der Waals surface area contributed by atoms with Crippen molar-refractivity contribution in [1.82, 2.24) is 25.7 Å². The molecule has 1 aromatic heterocycles. The molecule has 170 valence electrons. The summed E-state index contributed by atoms with van der Waals surface area (Å²) >= 11 is 1.18. The van der Waals surface area contributed by atoms with Crippen LogP contribution in [0.4, 0.5) is 13.2 Å². The normalized spacial score (nSPS) is 22.2. The summed E-state index contributed by atoms with van der Waals surface area (Å²) in [5.41, 5.74) is 4.44. The minimum atomic E-state index is -4.20. The van der Waals surface area contributed by atoms with Crippen molar-refractivity contribution in [1.29, 1.82) is 0 Å². The first kappa shape index (κ1) is 21.4. The van der Waals surface area contributed by atoms with E-state index in [9.17, 15) is 13.2 Å². The average Bonchev–Trinajstić information content (AvgIpc) is 3.37. The number of halogens is 3. The SMILES string of the molecule is Cc1c(CN2CCC(NC3=C4C=C(CC(F)(F)F)SC4N=CN3)CC2)ccc2[nH]ncc12. The number of fused-ring (bicyclic) bond motifs is 2. The minimum Gasteiger partial charge on any atom is -0.368 e. The van der Waals surface area contributed by atoms with E-state index in [1.807, 2.05) is 6.20 Å². The Balaban J connectivity index is 1.20. The zero-order valence-corrected chi connectivity index (χ0v) is 18.5. The number of H-pyrrole nitrogens is 1. The number of nitrogens with one attached hydrogen (secondary N) is 3. The van der Waals surface area contributed by atoms with Gasteiger partial charge in [0, 0.05) is 36.6 Å². The number of allylic oxidation sites excluding steroid dienone is 1. The molecule has 3 N–H and O–H groups in total. The van der Waals surface area contributed by atoms with Crippen molar-refractivity contribution in [3.05, 3.63) is 51.8 Å². The minimum absolute atomic E-state index is 0.274. The number of nitrogens with zero attached hydrogens (tertiary/aromatic N) is 3. The summed E-state index contributed by atoms with van der Waals surface area (Å²) in [7, 11) is 0. The van der Waals surface area contributed by atoms with Crippen molar-refractivity contribution >= 4 is 29.0 Å². The number of hydrogen-bond acceptors (Lipinski definition) is 6. The molecule has 3 aliphatic rings. The van der Waals surface area contributed by atoms with E-state index < -0.39 is 12.6 Å². The van der Waals surface area contributed by atoms with Gasteiger partial charge < -0.3 is 10.6 Å². The van der Waals surface area contributed by atoms with E-state index in [-0.39, 0.29) is 11.4 Å². The maximum Gasteiger partial charge on any atom is 0.393 e. The molecule has 1 fully saturated rings. The summed E-state index contributed by atoms with van der Waals surface area (Å²) in [6, 6.07) is 4.52. The molecule has 10 heteroatoms. The number of rotatable bonds is 5. The second-order valence-electron chi connectivity index (χ2n) is 8.50. The first-order chi connectivity index (χ1) is 15.4. The lowest BCUT2D eigenvalue weighted by Gasteiger charge is -2.34. The molecule has 0 aliphatic carbocycles. The van der Waals surface area contributed by atoms with Gasteiger partial charge in [-0.25, -0.2) is 0 Å². The standard InChI is InChI=1S/C22H25F3N6S/c1-13-14(2-3-19-18(13)10-28-30-19)11-31-6-4-15(5-7-31)29-20-17-8-16(9-22(23,24)25)32-21(17)27-12-26-20/h2-3,8,10,12,15,21,29H,4-7,9,11H2,1H3,(H,26,27)(H,28,30). The number of aromatic nitrogens is 2. The number of likely N-dealkylation sites (tertiary alicyclic amines) is 1. The fourth-order valence-corrected chi connectivity index (χ4v) is 5.68. The molecule has 5 rings (SSSR count). The highest BCUT2D eigenvalue weighted by atomic mass is 32.2. The predicted molar refractivity (Wildman–Crippen MR) is 121 cm³/mol. The van der Waals surface area contributed by atoms with Gasteiger partial charge in [0.1, 0.15) is 11.2 Å². The van der Waals surface area contributed by atoms with Crippen LogP contribution in [0.3, 0.4) is 0 Å². The van der Waals surface area contributed by atoms with Gasteiger partial charge >= 0.3 is 6.18 Å². The van der Waals surface area contributed by atoms with E-state index >= 15 is 0 Å². The molecule has 4 heterocycles. The van der Waals surface area contributed by atoms with Gasteiger partial charge in [-0.05, 0) is 47.9 Å². The van der Waals surface area contributed by atoms with Gasteiger partial charge in [-0.1, -0.05) is 17.8 Å². The highest BCUT2D eigenvalue weighted by molar-refractivity contribution is 8.04. The van der Waals surface area contributed by atoms with Crippen LogP contribution < -0.4 is 10.6 Å². The Morgan fingerprint density at radius 2 is 2.06 bits per heavy atom. The smallest absolute Gasteiger partial charge is 0.368 e. The highest BCUT2D eigenvalue weighted by Crippen LogP contribution is 2.43. The largest absolute Gasteiger partial charge is 0.393 e. The number of alkyl halides is 3. The number of benzene rings is 1. The fraction of sp³-hybridized carbons (Fsp3) is 0.455. The fourth-order valence-electron chi connectivity index (χ4n) is 4.52. The Morgan fingerprint density at radius 3 is 2.84 bits per heavy atom. The second-order valence-corrected chi connectivity index (χ2v) is 9.71. The van der Waals surface area contributed by atoms with Crippen LogP contribution in [0.1, 0.15) is 30.4 Å². The van der Waals surface area contributed by atoms with Gasteiger partial charge in [-0.3, -0.25) is 15.0 Å². The van der Waals surface area contributed by atoms with Crippen molar-refractivity contribution in [2.75, 3.05) is 13.1 Å². The molecular formula is C22H25F3N6S. The van der Waals surface area contributed by atoms with Gasteiger partial charge in [0.05, 0.1) is 24.5 Å². The molecule has 1 atom stereocenters. The number of piperidine rings is 1. The van der Waals surface area contributed by atoms with Crippen molar-refractivity contribution in [2.45, 2.75) is 50.3 Å². The van der Waals surface area contributed by atoms with Crippen molar-refractivity contribution in [3.8, 4) is 0 Å². The van der Waals surface area contributed by atoms with Gasteiger partial charge in [0.25, 0.3) is 0 Å². The third-order valence-electron chi connectivity index (χ3n) is 6.26. The van der Waals surface area contributed by atoms with Gasteiger partial charge in [-0.2, -0.15) is 18.3 Å². The average molecular weight is 463 g/mol. The Kier molecular flexibility index (Phi) is 5.66. The van der Waals surface area contributed by atoms with E-state index in [0.29, 0.717) is 4.91 Å².